The van der Waals surface area contributed by atoms with Gasteiger partial charge in [0, 0.05) is 17.9 Å². The lowest BCUT2D eigenvalue weighted by Gasteiger charge is -2.12. The summed E-state index contributed by atoms with van der Waals surface area (Å²) in [6.45, 7) is 10.6. The second-order valence-electron chi connectivity index (χ2n) is 4.77. The van der Waals surface area contributed by atoms with Crippen molar-refractivity contribution in [3.63, 3.8) is 0 Å². The molecule has 1 rings (SSSR count). The van der Waals surface area contributed by atoms with Crippen molar-refractivity contribution in [2.24, 2.45) is 0 Å². The third-order valence-electron chi connectivity index (χ3n) is 3.36. The van der Waals surface area contributed by atoms with E-state index < -0.39 is 6.10 Å². The molecule has 110 valence electrons. The van der Waals surface area contributed by atoms with Gasteiger partial charge >= 0.3 is 0 Å². The van der Waals surface area contributed by atoms with Crippen LogP contribution in [-0.2, 0) is 24.1 Å². The maximum Gasteiger partial charge on any atom is 0.0823 e. The van der Waals surface area contributed by atoms with Gasteiger partial charge in [0.05, 0.1) is 24.9 Å². The first kappa shape index (κ1) is 16.2. The number of hydrogen-bond acceptors (Lipinski definition) is 3. The minimum absolute atomic E-state index is 0.393. The van der Waals surface area contributed by atoms with Gasteiger partial charge in [-0.1, -0.05) is 27.7 Å². The second kappa shape index (κ2) is 8.33. The Labute approximate surface area is 116 Å². The number of aliphatic hydroxyl groups excluding tert-OH is 1. The molecule has 0 aliphatic heterocycles. The molecule has 0 amide bonds. The van der Waals surface area contributed by atoms with Gasteiger partial charge in [0.15, 0.2) is 0 Å². The maximum absolute atomic E-state index is 10.2. The first-order valence-electron chi connectivity index (χ1n) is 7.53. The lowest BCUT2D eigenvalue weighted by molar-refractivity contribution is 0.123. The predicted octanol–water partition coefficient (Wildman–Crippen LogP) is 2.88. The Hall–Kier alpha value is -0.870. The number of aromatic nitrogens is 2. The minimum Gasteiger partial charge on any atom is -0.388 e. The fraction of sp³-hybridized carbons (Fsp3) is 0.800. The van der Waals surface area contributed by atoms with E-state index in [-0.39, 0.29) is 0 Å². The number of hydrogen-bond donors (Lipinski definition) is 1. The molecule has 4 nitrogen and oxygen atoms in total. The molecule has 0 aliphatic rings. The molecule has 19 heavy (non-hydrogen) atoms. The lowest BCUT2D eigenvalue weighted by Crippen LogP contribution is -2.11. The van der Waals surface area contributed by atoms with Gasteiger partial charge in [-0.25, -0.2) is 0 Å². The smallest absolute Gasteiger partial charge is 0.0823 e. The summed E-state index contributed by atoms with van der Waals surface area (Å²) in [5, 5.41) is 14.8. The van der Waals surface area contributed by atoms with Crippen LogP contribution in [0.3, 0.4) is 0 Å². The molecule has 0 saturated carbocycles. The zero-order valence-corrected chi connectivity index (χ0v) is 12.8. The molecule has 1 aromatic heterocycles. The number of aryl methyl sites for hydroxylation is 1. The first-order valence-corrected chi connectivity index (χ1v) is 7.53. The topological polar surface area (TPSA) is 47.3 Å². The molecule has 0 spiro atoms. The van der Waals surface area contributed by atoms with Gasteiger partial charge in [-0.2, -0.15) is 5.10 Å². The van der Waals surface area contributed by atoms with Crippen molar-refractivity contribution < 1.29 is 9.84 Å². The molecule has 1 atom stereocenters. The molecule has 0 aliphatic carbocycles. The summed E-state index contributed by atoms with van der Waals surface area (Å²) in [6, 6.07) is 0. The molecule has 1 aromatic rings. The normalized spacial score (nSPS) is 12.9. The standard InChI is InChI=1S/C15H28N2O2/c1-5-10-19-11-9-17-13(7-3)15(14(18)8-4)12(6-2)16-17/h14,18H,5-11H2,1-4H3. The van der Waals surface area contributed by atoms with Crippen LogP contribution in [0.1, 0.15) is 63.6 Å². The van der Waals surface area contributed by atoms with Crippen LogP contribution in [0.2, 0.25) is 0 Å². The van der Waals surface area contributed by atoms with Crippen LogP contribution in [0.15, 0.2) is 0 Å². The number of nitrogens with zero attached hydrogens (tertiary/aromatic N) is 2. The highest BCUT2D eigenvalue weighted by Gasteiger charge is 2.20. The third-order valence-corrected chi connectivity index (χ3v) is 3.36. The molecule has 0 bridgehead atoms. The van der Waals surface area contributed by atoms with Crippen LogP contribution in [0.4, 0.5) is 0 Å². The van der Waals surface area contributed by atoms with Gasteiger partial charge in [0.1, 0.15) is 0 Å². The van der Waals surface area contributed by atoms with E-state index in [1.54, 1.807) is 0 Å². The molecule has 0 radical (unpaired) electrons. The van der Waals surface area contributed by atoms with Crippen LogP contribution in [0.25, 0.3) is 0 Å². The summed E-state index contributed by atoms with van der Waals surface area (Å²) in [5.74, 6) is 0. The Kier molecular flexibility index (Phi) is 7.10. The zero-order valence-electron chi connectivity index (χ0n) is 12.8. The molecule has 1 unspecified atom stereocenters. The predicted molar refractivity (Wildman–Crippen MR) is 77.3 cm³/mol. The molecular formula is C15H28N2O2. The van der Waals surface area contributed by atoms with Gasteiger partial charge in [-0.3, -0.25) is 4.68 Å². The van der Waals surface area contributed by atoms with Crippen LogP contribution >= 0.6 is 0 Å². The van der Waals surface area contributed by atoms with Crippen molar-refractivity contribution in [2.45, 2.75) is 66.0 Å². The van der Waals surface area contributed by atoms with Crippen molar-refractivity contribution in [1.29, 1.82) is 0 Å². The summed E-state index contributed by atoms with van der Waals surface area (Å²) in [5.41, 5.74) is 3.23. The molecule has 0 fully saturated rings. The summed E-state index contributed by atoms with van der Waals surface area (Å²) >= 11 is 0. The van der Waals surface area contributed by atoms with Crippen LogP contribution in [-0.4, -0.2) is 28.1 Å². The monoisotopic (exact) mass is 268 g/mol. The Morgan fingerprint density at radius 1 is 1.16 bits per heavy atom. The second-order valence-corrected chi connectivity index (χ2v) is 4.77. The van der Waals surface area contributed by atoms with Gasteiger partial charge in [-0.05, 0) is 25.7 Å². The fourth-order valence-electron chi connectivity index (χ4n) is 2.37. The van der Waals surface area contributed by atoms with E-state index in [0.29, 0.717) is 6.61 Å². The Morgan fingerprint density at radius 2 is 1.89 bits per heavy atom. The SMILES string of the molecule is CCCOCCn1nc(CC)c(C(O)CC)c1CC. The van der Waals surface area contributed by atoms with Crippen molar-refractivity contribution in [2.75, 3.05) is 13.2 Å². The van der Waals surface area contributed by atoms with Gasteiger partial charge in [-0.15, -0.1) is 0 Å². The Bertz CT molecular complexity index is 374. The van der Waals surface area contributed by atoms with E-state index in [2.05, 4.69) is 25.9 Å². The van der Waals surface area contributed by atoms with Crippen molar-refractivity contribution >= 4 is 0 Å². The average Bonchev–Trinajstić information content (AvgIpc) is 2.80. The van der Waals surface area contributed by atoms with Gasteiger partial charge < -0.3 is 9.84 Å². The lowest BCUT2D eigenvalue weighted by atomic mass is 10.0. The molecule has 4 heteroatoms. The largest absolute Gasteiger partial charge is 0.388 e. The third kappa shape index (κ3) is 4.05. The van der Waals surface area contributed by atoms with Crippen LogP contribution in [0, 0.1) is 0 Å². The van der Waals surface area contributed by atoms with Crippen molar-refractivity contribution in [1.82, 2.24) is 9.78 Å². The zero-order chi connectivity index (χ0) is 14.3. The number of aliphatic hydroxyl groups is 1. The van der Waals surface area contributed by atoms with E-state index in [1.807, 2.05) is 11.6 Å². The molecule has 1 heterocycles. The summed E-state index contributed by atoms with van der Waals surface area (Å²) in [7, 11) is 0. The van der Waals surface area contributed by atoms with Gasteiger partial charge in [0.2, 0.25) is 0 Å². The Balaban J connectivity index is 2.88. The maximum atomic E-state index is 10.2. The molecular weight excluding hydrogens is 240 g/mol. The highest BCUT2D eigenvalue weighted by Crippen LogP contribution is 2.25. The summed E-state index contributed by atoms with van der Waals surface area (Å²) in [4.78, 5) is 0. The van der Waals surface area contributed by atoms with E-state index in [9.17, 15) is 5.11 Å². The van der Waals surface area contributed by atoms with E-state index in [1.165, 1.54) is 0 Å². The van der Waals surface area contributed by atoms with E-state index in [4.69, 9.17) is 4.74 Å². The van der Waals surface area contributed by atoms with E-state index in [0.717, 1.165) is 55.8 Å². The average molecular weight is 268 g/mol. The quantitative estimate of drug-likeness (QED) is 0.701. The highest BCUT2D eigenvalue weighted by atomic mass is 16.5. The summed E-state index contributed by atoms with van der Waals surface area (Å²) in [6.07, 6.45) is 3.14. The molecule has 1 N–H and O–H groups in total. The van der Waals surface area contributed by atoms with Crippen molar-refractivity contribution in [3.05, 3.63) is 17.0 Å². The van der Waals surface area contributed by atoms with Gasteiger partial charge in [0.25, 0.3) is 0 Å². The Morgan fingerprint density at radius 3 is 2.42 bits per heavy atom. The van der Waals surface area contributed by atoms with E-state index >= 15 is 0 Å². The summed E-state index contributed by atoms with van der Waals surface area (Å²) < 4.78 is 7.55. The number of ether oxygens (including phenoxy) is 1. The van der Waals surface area contributed by atoms with Crippen molar-refractivity contribution in [3.8, 4) is 0 Å². The highest BCUT2D eigenvalue weighted by molar-refractivity contribution is 5.29. The van der Waals surface area contributed by atoms with Crippen LogP contribution in [0.5, 0.6) is 0 Å². The number of rotatable bonds is 9. The minimum atomic E-state index is -0.393. The molecule has 0 aromatic carbocycles. The first-order chi connectivity index (χ1) is 9.19. The molecule has 0 saturated heterocycles. The fourth-order valence-corrected chi connectivity index (χ4v) is 2.37. The van der Waals surface area contributed by atoms with Crippen LogP contribution < -0.4 is 0 Å².